The highest BCUT2D eigenvalue weighted by Gasteiger charge is 2.19. The molecule has 0 bridgehead atoms. The Kier molecular flexibility index (Phi) is 6.37. The van der Waals surface area contributed by atoms with E-state index in [0.29, 0.717) is 23.2 Å². The zero-order valence-corrected chi connectivity index (χ0v) is 18.0. The number of carbonyl (C=O) groups is 2. The topological polar surface area (TPSA) is 110 Å². The molecule has 2 N–H and O–H groups in total. The Bertz CT molecular complexity index is 1250. The fraction of sp³-hybridized carbons (Fsp3) is 0.130. The summed E-state index contributed by atoms with van der Waals surface area (Å²) in [6, 6.07) is 17.9. The Hall–Kier alpha value is -3.85. The number of carboxylic acids is 1. The Morgan fingerprint density at radius 1 is 1.09 bits per heavy atom. The van der Waals surface area contributed by atoms with Gasteiger partial charge in [0.2, 0.25) is 5.91 Å². The Balaban J connectivity index is 1.52. The molecular formula is C23H20N4O4S. The van der Waals surface area contributed by atoms with Crippen molar-refractivity contribution < 1.29 is 19.1 Å². The molecule has 0 atom stereocenters. The van der Waals surface area contributed by atoms with E-state index in [1.165, 1.54) is 23.9 Å². The molecule has 0 fully saturated rings. The van der Waals surface area contributed by atoms with Crippen molar-refractivity contribution >= 4 is 29.3 Å². The van der Waals surface area contributed by atoms with Gasteiger partial charge in [0.05, 0.1) is 29.7 Å². The minimum absolute atomic E-state index is 0.0919. The summed E-state index contributed by atoms with van der Waals surface area (Å²) in [5.41, 5.74) is 2.45. The number of nitrogens with zero attached hydrogens (tertiary/aromatic N) is 3. The number of hydrogen-bond acceptors (Lipinski definition) is 6. The number of aromatic carboxylic acids is 1. The van der Waals surface area contributed by atoms with Crippen LogP contribution in [0, 0.1) is 6.92 Å². The first-order valence-electron chi connectivity index (χ1n) is 9.79. The predicted molar refractivity (Wildman–Crippen MR) is 121 cm³/mol. The third kappa shape index (κ3) is 4.89. The van der Waals surface area contributed by atoms with Crippen LogP contribution < -0.4 is 5.32 Å². The number of furan rings is 1. The van der Waals surface area contributed by atoms with E-state index in [1.807, 2.05) is 47.9 Å². The van der Waals surface area contributed by atoms with Gasteiger partial charge in [0.15, 0.2) is 11.0 Å². The molecule has 0 radical (unpaired) electrons. The molecule has 0 aliphatic rings. The van der Waals surface area contributed by atoms with E-state index in [2.05, 4.69) is 15.5 Å². The second kappa shape index (κ2) is 9.52. The number of carboxylic acid groups (broad SMARTS) is 1. The average Bonchev–Trinajstić information content (AvgIpc) is 3.38. The van der Waals surface area contributed by atoms with E-state index in [-0.39, 0.29) is 17.2 Å². The Morgan fingerprint density at radius 3 is 2.62 bits per heavy atom. The molecule has 4 rings (SSSR count). The normalized spacial score (nSPS) is 10.8. The molecule has 0 aliphatic heterocycles. The summed E-state index contributed by atoms with van der Waals surface area (Å²) in [5.74, 6) is 0.171. The van der Waals surface area contributed by atoms with Crippen LogP contribution in [-0.2, 0) is 11.3 Å². The van der Waals surface area contributed by atoms with Gasteiger partial charge < -0.3 is 14.8 Å². The maximum Gasteiger partial charge on any atom is 0.335 e. The first-order chi connectivity index (χ1) is 15.5. The van der Waals surface area contributed by atoms with Crippen molar-refractivity contribution in [3.05, 3.63) is 83.8 Å². The summed E-state index contributed by atoms with van der Waals surface area (Å²) < 4.78 is 7.39. The second-order valence-electron chi connectivity index (χ2n) is 6.99. The van der Waals surface area contributed by atoms with Gasteiger partial charge in [-0.05, 0) is 36.8 Å². The van der Waals surface area contributed by atoms with Crippen LogP contribution in [0.15, 0.2) is 76.5 Å². The summed E-state index contributed by atoms with van der Waals surface area (Å²) >= 11 is 1.26. The fourth-order valence-electron chi connectivity index (χ4n) is 3.18. The number of nitrogens with one attached hydrogen (secondary N) is 1. The van der Waals surface area contributed by atoms with Gasteiger partial charge in [-0.1, -0.05) is 48.2 Å². The van der Waals surface area contributed by atoms with E-state index < -0.39 is 5.97 Å². The summed E-state index contributed by atoms with van der Waals surface area (Å²) in [7, 11) is 0. The minimum atomic E-state index is -1.05. The van der Waals surface area contributed by atoms with E-state index in [9.17, 15) is 9.59 Å². The van der Waals surface area contributed by atoms with E-state index >= 15 is 0 Å². The molecule has 162 valence electrons. The van der Waals surface area contributed by atoms with Gasteiger partial charge in [-0.3, -0.25) is 9.36 Å². The lowest BCUT2D eigenvalue weighted by Crippen LogP contribution is -2.15. The number of rotatable bonds is 8. The molecule has 2 aromatic heterocycles. The van der Waals surface area contributed by atoms with Crippen molar-refractivity contribution in [1.82, 2.24) is 14.8 Å². The highest BCUT2D eigenvalue weighted by atomic mass is 32.2. The molecule has 0 saturated carbocycles. The van der Waals surface area contributed by atoms with Gasteiger partial charge in [0, 0.05) is 5.69 Å². The fourth-order valence-corrected chi connectivity index (χ4v) is 3.92. The second-order valence-corrected chi connectivity index (χ2v) is 7.93. The average molecular weight is 449 g/mol. The molecule has 0 unspecified atom stereocenters. The van der Waals surface area contributed by atoms with Crippen molar-refractivity contribution in [2.24, 2.45) is 0 Å². The minimum Gasteiger partial charge on any atom is -0.478 e. The number of hydrogen-bond donors (Lipinski definition) is 2. The van der Waals surface area contributed by atoms with Crippen molar-refractivity contribution in [2.45, 2.75) is 18.6 Å². The van der Waals surface area contributed by atoms with E-state index in [1.54, 1.807) is 18.4 Å². The number of carbonyl (C=O) groups excluding carboxylic acids is 1. The predicted octanol–water partition coefficient (Wildman–Crippen LogP) is 4.32. The first-order valence-corrected chi connectivity index (χ1v) is 10.8. The van der Waals surface area contributed by atoms with Gasteiger partial charge in [-0.2, -0.15) is 0 Å². The standard InChI is InChI=1S/C23H20N4O4S/c1-15-19(10-11-31-15)21-25-26-23(27(21)13-16-6-3-2-4-7-16)32-14-20(28)24-18-9-5-8-17(12-18)22(29)30/h2-12H,13-14H2,1H3,(H,24,28)(H,29,30). The molecule has 0 saturated heterocycles. The number of amides is 1. The number of benzene rings is 2. The largest absolute Gasteiger partial charge is 0.478 e. The summed E-state index contributed by atoms with van der Waals surface area (Å²) in [5, 5.41) is 21.1. The van der Waals surface area contributed by atoms with Crippen LogP contribution in [-0.4, -0.2) is 37.5 Å². The summed E-state index contributed by atoms with van der Waals surface area (Å²) in [6.07, 6.45) is 1.61. The van der Waals surface area contributed by atoms with Crippen LogP contribution in [0.2, 0.25) is 0 Å². The van der Waals surface area contributed by atoms with Gasteiger partial charge in [-0.15, -0.1) is 10.2 Å². The van der Waals surface area contributed by atoms with Crippen LogP contribution in [0.5, 0.6) is 0 Å². The lowest BCUT2D eigenvalue weighted by atomic mass is 10.2. The van der Waals surface area contributed by atoms with Crippen LogP contribution in [0.25, 0.3) is 11.4 Å². The van der Waals surface area contributed by atoms with Crippen molar-refractivity contribution in [2.75, 3.05) is 11.1 Å². The quantitative estimate of drug-likeness (QED) is 0.386. The number of anilines is 1. The number of thioether (sulfide) groups is 1. The van der Waals surface area contributed by atoms with Crippen LogP contribution in [0.4, 0.5) is 5.69 Å². The lowest BCUT2D eigenvalue weighted by Gasteiger charge is -2.10. The van der Waals surface area contributed by atoms with Crippen molar-refractivity contribution in [1.29, 1.82) is 0 Å². The molecular weight excluding hydrogens is 428 g/mol. The van der Waals surface area contributed by atoms with E-state index in [0.717, 1.165) is 16.9 Å². The van der Waals surface area contributed by atoms with Gasteiger partial charge in [0.25, 0.3) is 0 Å². The van der Waals surface area contributed by atoms with Crippen molar-refractivity contribution in [3.63, 3.8) is 0 Å². The highest BCUT2D eigenvalue weighted by Crippen LogP contribution is 2.28. The van der Waals surface area contributed by atoms with Crippen molar-refractivity contribution in [3.8, 4) is 11.4 Å². The first kappa shape index (κ1) is 21.4. The molecule has 8 nitrogen and oxygen atoms in total. The summed E-state index contributed by atoms with van der Waals surface area (Å²) in [6.45, 7) is 2.40. The Labute approximate surface area is 188 Å². The number of aryl methyl sites for hydroxylation is 1. The molecule has 0 aliphatic carbocycles. The number of aromatic nitrogens is 3. The monoisotopic (exact) mass is 448 g/mol. The zero-order valence-electron chi connectivity index (χ0n) is 17.2. The maximum absolute atomic E-state index is 12.5. The Morgan fingerprint density at radius 2 is 1.91 bits per heavy atom. The van der Waals surface area contributed by atoms with Gasteiger partial charge >= 0.3 is 5.97 Å². The molecule has 2 aromatic carbocycles. The third-order valence-corrected chi connectivity index (χ3v) is 5.69. The third-order valence-electron chi connectivity index (χ3n) is 4.73. The van der Waals surface area contributed by atoms with Gasteiger partial charge in [-0.25, -0.2) is 4.79 Å². The zero-order chi connectivity index (χ0) is 22.5. The SMILES string of the molecule is Cc1occc1-c1nnc(SCC(=O)Nc2cccc(C(=O)O)c2)n1Cc1ccccc1. The van der Waals surface area contributed by atoms with E-state index in [4.69, 9.17) is 9.52 Å². The molecule has 0 spiro atoms. The molecule has 1 amide bonds. The molecule has 2 heterocycles. The van der Waals surface area contributed by atoms with Crippen LogP contribution >= 0.6 is 11.8 Å². The molecule has 32 heavy (non-hydrogen) atoms. The van der Waals surface area contributed by atoms with Crippen LogP contribution in [0.1, 0.15) is 21.7 Å². The van der Waals surface area contributed by atoms with Gasteiger partial charge in [0.1, 0.15) is 5.76 Å². The summed E-state index contributed by atoms with van der Waals surface area (Å²) in [4.78, 5) is 23.6. The maximum atomic E-state index is 12.5. The molecule has 4 aromatic rings. The molecule has 9 heteroatoms. The highest BCUT2D eigenvalue weighted by molar-refractivity contribution is 7.99. The van der Waals surface area contributed by atoms with Crippen LogP contribution in [0.3, 0.4) is 0 Å². The lowest BCUT2D eigenvalue weighted by molar-refractivity contribution is -0.113. The smallest absolute Gasteiger partial charge is 0.335 e.